The topological polar surface area (TPSA) is 64.3 Å². The van der Waals surface area contributed by atoms with Crippen molar-refractivity contribution >= 4 is 17.9 Å². The Morgan fingerprint density at radius 1 is 1.33 bits per heavy atom. The van der Waals surface area contributed by atoms with E-state index in [2.05, 4.69) is 5.32 Å². The number of ether oxygens (including phenoxy) is 1. The van der Waals surface area contributed by atoms with Crippen molar-refractivity contribution in [1.82, 2.24) is 5.32 Å². The molecule has 0 saturated carbocycles. The number of hydrogen-bond acceptors (Lipinski definition) is 3. The lowest BCUT2D eigenvalue weighted by Gasteiger charge is -2.19. The fourth-order valence-corrected chi connectivity index (χ4v) is 1.26. The first kappa shape index (κ1) is 14.1. The number of nitrogens with one attached hydrogen (secondary N) is 1. The van der Waals surface area contributed by atoms with Crippen LogP contribution in [0.2, 0.25) is 0 Å². The van der Waals surface area contributed by atoms with Crippen molar-refractivity contribution in [3.05, 3.63) is 35.9 Å². The van der Waals surface area contributed by atoms with Gasteiger partial charge in [-0.25, -0.2) is 4.79 Å². The summed E-state index contributed by atoms with van der Waals surface area (Å²) in [5, 5.41) is 2.65. The monoisotopic (exact) mass is 248 g/mol. The van der Waals surface area contributed by atoms with Crippen molar-refractivity contribution in [2.24, 2.45) is 0 Å². The number of benzene rings is 1. The van der Waals surface area contributed by atoms with E-state index >= 15 is 0 Å². The molecule has 4 nitrogen and oxygen atoms in total. The summed E-state index contributed by atoms with van der Waals surface area (Å²) in [5.74, 6) is 0. The predicted molar refractivity (Wildman–Crippen MR) is 74.1 cm³/mol. The van der Waals surface area contributed by atoms with E-state index in [1.165, 1.54) is 0 Å². The predicted octanol–water partition coefficient (Wildman–Crippen LogP) is 2.81. The number of hydrogen-bond donors (Lipinski definition) is 2. The lowest BCUT2D eigenvalue weighted by atomic mass is 10.2. The molecule has 0 spiro atoms. The lowest BCUT2D eigenvalue weighted by molar-refractivity contribution is 0.0534. The van der Waals surface area contributed by atoms with E-state index in [1.807, 2.05) is 57.2 Å². The van der Waals surface area contributed by atoms with Crippen LogP contribution in [0.15, 0.2) is 30.3 Å². The van der Waals surface area contributed by atoms with Gasteiger partial charge in [0.2, 0.25) is 0 Å². The second kappa shape index (κ2) is 6.10. The van der Waals surface area contributed by atoms with Gasteiger partial charge in [-0.15, -0.1) is 0 Å². The lowest BCUT2D eigenvalue weighted by Crippen LogP contribution is -2.32. The van der Waals surface area contributed by atoms with Crippen LogP contribution in [-0.4, -0.2) is 18.2 Å². The van der Waals surface area contributed by atoms with Crippen LogP contribution in [0.3, 0.4) is 0 Å². The van der Waals surface area contributed by atoms with Crippen molar-refractivity contribution < 1.29 is 9.53 Å². The number of rotatable bonds is 3. The standard InChI is InChI=1S/C14H20N2O2/c1-14(2,3)18-13(17)16-10-4-5-11-6-8-12(15)9-7-11/h4-9H,10,15H2,1-3H3,(H,16,17). The van der Waals surface area contributed by atoms with E-state index in [1.54, 1.807) is 0 Å². The molecular weight excluding hydrogens is 228 g/mol. The van der Waals surface area contributed by atoms with Crippen LogP contribution in [0.25, 0.3) is 6.08 Å². The van der Waals surface area contributed by atoms with Crippen molar-refractivity contribution in [3.63, 3.8) is 0 Å². The number of anilines is 1. The summed E-state index contributed by atoms with van der Waals surface area (Å²) >= 11 is 0. The maximum atomic E-state index is 11.3. The van der Waals surface area contributed by atoms with Gasteiger partial charge < -0.3 is 15.8 Å². The number of carbonyl (C=O) groups is 1. The molecule has 0 unspecified atom stereocenters. The van der Waals surface area contributed by atoms with Crippen molar-refractivity contribution in [2.45, 2.75) is 26.4 Å². The summed E-state index contributed by atoms with van der Waals surface area (Å²) in [4.78, 5) is 11.3. The van der Waals surface area contributed by atoms with Crippen molar-refractivity contribution in [3.8, 4) is 0 Å². The molecule has 98 valence electrons. The Kier molecular flexibility index (Phi) is 4.77. The fourth-order valence-electron chi connectivity index (χ4n) is 1.26. The third-order valence-electron chi connectivity index (χ3n) is 2.01. The molecule has 18 heavy (non-hydrogen) atoms. The molecule has 1 aromatic rings. The van der Waals surface area contributed by atoms with Crippen LogP contribution in [0, 0.1) is 0 Å². The largest absolute Gasteiger partial charge is 0.444 e. The minimum absolute atomic E-state index is 0.413. The second-order valence-corrected chi connectivity index (χ2v) is 4.95. The Morgan fingerprint density at radius 2 is 1.94 bits per heavy atom. The number of alkyl carbamates (subject to hydrolysis) is 1. The van der Waals surface area contributed by atoms with Gasteiger partial charge in [-0.2, -0.15) is 0 Å². The minimum Gasteiger partial charge on any atom is -0.444 e. The molecule has 0 aliphatic heterocycles. The molecule has 0 saturated heterocycles. The summed E-state index contributed by atoms with van der Waals surface area (Å²) in [6, 6.07) is 7.50. The molecule has 0 atom stereocenters. The average molecular weight is 248 g/mol. The first-order chi connectivity index (χ1) is 8.37. The number of nitrogen functional groups attached to an aromatic ring is 1. The van der Waals surface area contributed by atoms with Crippen molar-refractivity contribution in [1.29, 1.82) is 0 Å². The molecule has 0 aromatic heterocycles. The summed E-state index contributed by atoms with van der Waals surface area (Å²) in [6.07, 6.45) is 3.36. The zero-order valence-corrected chi connectivity index (χ0v) is 11.1. The highest BCUT2D eigenvalue weighted by Gasteiger charge is 2.14. The number of amides is 1. The highest BCUT2D eigenvalue weighted by molar-refractivity contribution is 5.68. The molecule has 3 N–H and O–H groups in total. The quantitative estimate of drug-likeness (QED) is 0.808. The molecule has 0 radical (unpaired) electrons. The zero-order chi connectivity index (χ0) is 13.6. The van der Waals surface area contributed by atoms with Crippen LogP contribution in [0.5, 0.6) is 0 Å². The number of nitrogens with two attached hydrogens (primary N) is 1. The maximum Gasteiger partial charge on any atom is 0.407 e. The summed E-state index contributed by atoms with van der Waals surface area (Å²) < 4.78 is 5.11. The van der Waals surface area contributed by atoms with Gasteiger partial charge >= 0.3 is 6.09 Å². The van der Waals surface area contributed by atoms with Crippen LogP contribution < -0.4 is 11.1 Å². The number of carbonyl (C=O) groups excluding carboxylic acids is 1. The second-order valence-electron chi connectivity index (χ2n) is 4.95. The summed E-state index contributed by atoms with van der Waals surface area (Å²) in [7, 11) is 0. The molecule has 1 aromatic carbocycles. The smallest absolute Gasteiger partial charge is 0.407 e. The molecule has 0 aliphatic carbocycles. The van der Waals surface area contributed by atoms with Gasteiger partial charge in [0, 0.05) is 12.2 Å². The van der Waals surface area contributed by atoms with Crippen LogP contribution in [-0.2, 0) is 4.74 Å². The van der Waals surface area contributed by atoms with Crippen molar-refractivity contribution in [2.75, 3.05) is 12.3 Å². The van der Waals surface area contributed by atoms with E-state index in [4.69, 9.17) is 10.5 Å². The van der Waals surface area contributed by atoms with Gasteiger partial charge in [-0.1, -0.05) is 24.3 Å². The van der Waals surface area contributed by atoms with Crippen LogP contribution in [0.4, 0.5) is 10.5 Å². The van der Waals surface area contributed by atoms with Gasteiger partial charge in [-0.05, 0) is 38.5 Å². The van der Waals surface area contributed by atoms with Gasteiger partial charge in [0.15, 0.2) is 0 Å². The highest BCUT2D eigenvalue weighted by atomic mass is 16.6. The normalized spacial score (nSPS) is 11.5. The van der Waals surface area contributed by atoms with Gasteiger partial charge in [0.25, 0.3) is 0 Å². The van der Waals surface area contributed by atoms with E-state index in [-0.39, 0.29) is 0 Å². The molecule has 1 rings (SSSR count). The first-order valence-corrected chi connectivity index (χ1v) is 5.86. The average Bonchev–Trinajstić information content (AvgIpc) is 2.24. The third kappa shape index (κ3) is 5.94. The van der Waals surface area contributed by atoms with Gasteiger partial charge in [-0.3, -0.25) is 0 Å². The SMILES string of the molecule is CC(C)(C)OC(=O)NCC=Cc1ccc(N)cc1. The maximum absolute atomic E-state index is 11.3. The minimum atomic E-state index is -0.468. The Hall–Kier alpha value is -1.97. The van der Waals surface area contributed by atoms with E-state index in [0.717, 1.165) is 11.3 Å². The summed E-state index contributed by atoms with van der Waals surface area (Å²) in [5.41, 5.74) is 6.89. The molecule has 0 fully saturated rings. The first-order valence-electron chi connectivity index (χ1n) is 5.86. The van der Waals surface area contributed by atoms with E-state index in [9.17, 15) is 4.79 Å². The molecule has 0 heterocycles. The van der Waals surface area contributed by atoms with Gasteiger partial charge in [0.1, 0.15) is 5.60 Å². The van der Waals surface area contributed by atoms with E-state index < -0.39 is 11.7 Å². The molecule has 4 heteroatoms. The van der Waals surface area contributed by atoms with Gasteiger partial charge in [0.05, 0.1) is 0 Å². The van der Waals surface area contributed by atoms with Crippen LogP contribution in [0.1, 0.15) is 26.3 Å². The Bertz CT molecular complexity index is 416. The molecular formula is C14H20N2O2. The highest BCUT2D eigenvalue weighted by Crippen LogP contribution is 2.07. The Morgan fingerprint density at radius 3 is 2.50 bits per heavy atom. The van der Waals surface area contributed by atoms with Crippen LogP contribution >= 0.6 is 0 Å². The zero-order valence-electron chi connectivity index (χ0n) is 11.1. The molecule has 0 aliphatic rings. The Balaban J connectivity index is 2.33. The molecule has 1 amide bonds. The summed E-state index contributed by atoms with van der Waals surface area (Å²) in [6.45, 7) is 5.92. The Labute approximate surface area is 108 Å². The van der Waals surface area contributed by atoms with E-state index in [0.29, 0.717) is 6.54 Å². The third-order valence-corrected chi connectivity index (χ3v) is 2.01. The molecule has 0 bridgehead atoms. The fraction of sp³-hybridized carbons (Fsp3) is 0.357.